The van der Waals surface area contributed by atoms with E-state index in [0.717, 1.165) is 6.42 Å². The molecule has 0 aromatic heterocycles. The molecule has 0 amide bonds. The van der Waals surface area contributed by atoms with Gasteiger partial charge in [-0.3, -0.25) is 0 Å². The average molecular weight is 290 g/mol. The van der Waals surface area contributed by atoms with Crippen molar-refractivity contribution in [1.82, 2.24) is 0 Å². The van der Waals surface area contributed by atoms with Gasteiger partial charge in [-0.2, -0.15) is 0 Å². The molecule has 0 radical (unpaired) electrons. The molecule has 0 fully saturated rings. The van der Waals surface area contributed by atoms with Crippen LogP contribution in [0.4, 0.5) is 5.69 Å². The molecular formula is C15H18N2O2S. The summed E-state index contributed by atoms with van der Waals surface area (Å²) in [5.41, 5.74) is 1.74. The average Bonchev–Trinajstić information content (AvgIpc) is 2.39. The zero-order valence-corrected chi connectivity index (χ0v) is 12.1. The van der Waals surface area contributed by atoms with Gasteiger partial charge < -0.3 is 5.32 Å². The van der Waals surface area contributed by atoms with Gasteiger partial charge in [0, 0.05) is 6.04 Å². The van der Waals surface area contributed by atoms with Gasteiger partial charge >= 0.3 is 0 Å². The van der Waals surface area contributed by atoms with Crippen molar-refractivity contribution in [2.75, 3.05) is 5.32 Å². The molecule has 0 heterocycles. The van der Waals surface area contributed by atoms with Crippen molar-refractivity contribution in [1.29, 1.82) is 0 Å². The van der Waals surface area contributed by atoms with E-state index in [4.69, 9.17) is 5.14 Å². The molecule has 4 nitrogen and oxygen atoms in total. The summed E-state index contributed by atoms with van der Waals surface area (Å²) in [6, 6.07) is 16.8. The smallest absolute Gasteiger partial charge is 0.240 e. The van der Waals surface area contributed by atoms with Crippen LogP contribution in [0.3, 0.4) is 0 Å². The molecule has 1 atom stereocenters. The summed E-state index contributed by atoms with van der Waals surface area (Å²) in [7, 11) is -3.71. The van der Waals surface area contributed by atoms with E-state index in [1.165, 1.54) is 11.6 Å². The predicted octanol–water partition coefficient (Wildman–Crippen LogP) is 2.38. The molecule has 0 saturated carbocycles. The van der Waals surface area contributed by atoms with Crippen molar-refractivity contribution in [3.63, 3.8) is 0 Å². The molecule has 0 aliphatic heterocycles. The highest BCUT2D eigenvalue weighted by Crippen LogP contribution is 2.20. The Bertz CT molecular complexity index is 669. The summed E-state index contributed by atoms with van der Waals surface area (Å²) in [6.45, 7) is 2.01. The highest BCUT2D eigenvalue weighted by atomic mass is 32.2. The lowest BCUT2D eigenvalue weighted by molar-refractivity contribution is 0.598. The zero-order chi connectivity index (χ0) is 14.6. The second-order valence-corrected chi connectivity index (χ2v) is 6.31. The maximum atomic E-state index is 11.5. The molecule has 20 heavy (non-hydrogen) atoms. The van der Waals surface area contributed by atoms with E-state index in [2.05, 4.69) is 5.32 Å². The highest BCUT2D eigenvalue weighted by molar-refractivity contribution is 7.89. The third-order valence-corrected chi connectivity index (χ3v) is 3.95. The van der Waals surface area contributed by atoms with E-state index >= 15 is 0 Å². The van der Waals surface area contributed by atoms with Crippen LogP contribution < -0.4 is 10.5 Å². The van der Waals surface area contributed by atoms with Gasteiger partial charge in [-0.25, -0.2) is 13.6 Å². The third kappa shape index (κ3) is 3.82. The maximum absolute atomic E-state index is 11.5. The van der Waals surface area contributed by atoms with Crippen LogP contribution in [-0.4, -0.2) is 14.5 Å². The largest absolute Gasteiger partial charge is 0.381 e. The summed E-state index contributed by atoms with van der Waals surface area (Å²) < 4.78 is 23.1. The number of hydrogen-bond acceptors (Lipinski definition) is 3. The van der Waals surface area contributed by atoms with Crippen LogP contribution in [0.5, 0.6) is 0 Å². The summed E-state index contributed by atoms with van der Waals surface area (Å²) in [6.07, 6.45) is 0.805. The number of para-hydroxylation sites is 1. The Balaban J connectivity index is 2.14. The summed E-state index contributed by atoms with van der Waals surface area (Å²) in [4.78, 5) is 0.125. The van der Waals surface area contributed by atoms with Gasteiger partial charge in [-0.05, 0) is 31.0 Å². The molecule has 0 aliphatic rings. The van der Waals surface area contributed by atoms with Gasteiger partial charge in [-0.1, -0.05) is 42.5 Å². The fourth-order valence-electron chi connectivity index (χ4n) is 2.12. The van der Waals surface area contributed by atoms with Gasteiger partial charge in [-0.15, -0.1) is 0 Å². The van der Waals surface area contributed by atoms with E-state index in [-0.39, 0.29) is 10.9 Å². The van der Waals surface area contributed by atoms with E-state index in [1.807, 2.05) is 37.3 Å². The van der Waals surface area contributed by atoms with Crippen LogP contribution >= 0.6 is 0 Å². The Morgan fingerprint density at radius 1 is 1.05 bits per heavy atom. The molecule has 0 spiro atoms. The first-order chi connectivity index (χ1) is 9.47. The Morgan fingerprint density at radius 3 is 2.30 bits per heavy atom. The van der Waals surface area contributed by atoms with Crippen LogP contribution in [0, 0.1) is 0 Å². The summed E-state index contributed by atoms with van der Waals surface area (Å²) >= 11 is 0. The number of nitrogens with one attached hydrogen (secondary N) is 1. The Labute approximate surface area is 119 Å². The quantitative estimate of drug-likeness (QED) is 0.888. The predicted molar refractivity (Wildman–Crippen MR) is 81.0 cm³/mol. The molecule has 1 unspecified atom stereocenters. The number of rotatable bonds is 5. The minimum Gasteiger partial charge on any atom is -0.381 e. The topological polar surface area (TPSA) is 72.2 Å². The van der Waals surface area contributed by atoms with Gasteiger partial charge in [0.25, 0.3) is 0 Å². The van der Waals surface area contributed by atoms with Gasteiger partial charge in [0.1, 0.15) is 4.90 Å². The Kier molecular flexibility index (Phi) is 4.42. The number of anilines is 1. The minimum atomic E-state index is -3.71. The number of primary sulfonamides is 1. The first-order valence-electron chi connectivity index (χ1n) is 6.39. The second-order valence-electron chi connectivity index (χ2n) is 4.78. The molecule has 0 saturated heterocycles. The molecule has 5 heteroatoms. The first-order valence-corrected chi connectivity index (χ1v) is 7.94. The molecule has 2 rings (SSSR count). The summed E-state index contributed by atoms with van der Waals surface area (Å²) in [5, 5.41) is 8.42. The fourth-order valence-corrected chi connectivity index (χ4v) is 2.82. The van der Waals surface area contributed by atoms with Crippen molar-refractivity contribution >= 4 is 15.7 Å². The molecule has 0 aliphatic carbocycles. The lowest BCUT2D eigenvalue weighted by Crippen LogP contribution is -2.21. The molecule has 106 valence electrons. The van der Waals surface area contributed by atoms with E-state index < -0.39 is 10.0 Å². The fraction of sp³-hybridized carbons (Fsp3) is 0.200. The van der Waals surface area contributed by atoms with Crippen molar-refractivity contribution in [2.24, 2.45) is 5.14 Å². The van der Waals surface area contributed by atoms with Crippen molar-refractivity contribution in [2.45, 2.75) is 24.3 Å². The summed E-state index contributed by atoms with van der Waals surface area (Å²) in [5.74, 6) is 0. The SMILES string of the molecule is CC(Cc1ccccc1)Nc1ccccc1S(N)(=O)=O. The molecule has 2 aromatic rings. The van der Waals surface area contributed by atoms with Crippen LogP contribution in [0.1, 0.15) is 12.5 Å². The first kappa shape index (κ1) is 14.6. The normalized spacial score (nSPS) is 12.9. The molecule has 0 bridgehead atoms. The van der Waals surface area contributed by atoms with Crippen molar-refractivity contribution in [3.8, 4) is 0 Å². The maximum Gasteiger partial charge on any atom is 0.240 e. The molecule has 3 N–H and O–H groups in total. The number of benzene rings is 2. The van der Waals surface area contributed by atoms with Gasteiger partial charge in [0.05, 0.1) is 5.69 Å². The Morgan fingerprint density at radius 2 is 1.65 bits per heavy atom. The van der Waals surface area contributed by atoms with E-state index in [9.17, 15) is 8.42 Å². The standard InChI is InChI=1S/C15H18N2O2S/c1-12(11-13-7-3-2-4-8-13)17-14-9-5-6-10-15(14)20(16,18)19/h2-10,12,17H,11H2,1H3,(H2,16,18,19). The zero-order valence-electron chi connectivity index (χ0n) is 11.3. The van der Waals surface area contributed by atoms with E-state index in [1.54, 1.807) is 18.2 Å². The number of sulfonamides is 1. The van der Waals surface area contributed by atoms with Gasteiger partial charge in [0.2, 0.25) is 10.0 Å². The minimum absolute atomic E-state index is 0.0975. The second kappa shape index (κ2) is 6.07. The van der Waals surface area contributed by atoms with Crippen molar-refractivity contribution in [3.05, 3.63) is 60.2 Å². The molecule has 2 aromatic carbocycles. The molecular weight excluding hydrogens is 272 g/mol. The number of hydrogen-bond donors (Lipinski definition) is 2. The highest BCUT2D eigenvalue weighted by Gasteiger charge is 2.14. The third-order valence-electron chi connectivity index (χ3n) is 2.98. The monoisotopic (exact) mass is 290 g/mol. The van der Waals surface area contributed by atoms with Gasteiger partial charge in [0.15, 0.2) is 0 Å². The van der Waals surface area contributed by atoms with E-state index in [0.29, 0.717) is 5.69 Å². The van der Waals surface area contributed by atoms with Crippen LogP contribution in [0.2, 0.25) is 0 Å². The van der Waals surface area contributed by atoms with Crippen molar-refractivity contribution < 1.29 is 8.42 Å². The van der Waals surface area contributed by atoms with Crippen LogP contribution in [0.15, 0.2) is 59.5 Å². The number of nitrogens with two attached hydrogens (primary N) is 1. The van der Waals surface area contributed by atoms with Crippen LogP contribution in [0.25, 0.3) is 0 Å². The Hall–Kier alpha value is -1.85. The lowest BCUT2D eigenvalue weighted by atomic mass is 10.1. The lowest BCUT2D eigenvalue weighted by Gasteiger charge is -2.17. The van der Waals surface area contributed by atoms with Crippen LogP contribution in [-0.2, 0) is 16.4 Å².